The van der Waals surface area contributed by atoms with Gasteiger partial charge in [-0.3, -0.25) is 4.79 Å². The Balaban J connectivity index is 1.53. The topological polar surface area (TPSA) is 73.6 Å². The van der Waals surface area contributed by atoms with Crippen LogP contribution in [0.25, 0.3) is 0 Å². The Labute approximate surface area is 125 Å². The lowest BCUT2D eigenvalue weighted by atomic mass is 10.0. The highest BCUT2D eigenvalue weighted by molar-refractivity contribution is 5.75. The zero-order valence-corrected chi connectivity index (χ0v) is 12.3. The van der Waals surface area contributed by atoms with E-state index in [0.717, 1.165) is 31.6 Å². The molecule has 3 N–H and O–H groups in total. The zero-order valence-electron chi connectivity index (χ0n) is 12.3. The minimum absolute atomic E-state index is 0.0603. The van der Waals surface area contributed by atoms with Crippen molar-refractivity contribution in [2.75, 3.05) is 25.5 Å². The first-order valence-electron chi connectivity index (χ1n) is 7.60. The average molecular weight is 292 g/mol. The summed E-state index contributed by atoms with van der Waals surface area (Å²) in [5.41, 5.74) is 6.30. The monoisotopic (exact) mass is 292 g/mol. The predicted octanol–water partition coefficient (Wildman–Crippen LogP) is 2.11. The van der Waals surface area contributed by atoms with Crippen LogP contribution >= 0.6 is 0 Å². The van der Waals surface area contributed by atoms with Gasteiger partial charge in [-0.15, -0.1) is 0 Å². The Bertz CT molecular complexity index is 428. The fourth-order valence-corrected chi connectivity index (χ4v) is 2.34. The third kappa shape index (κ3) is 6.04. The maximum atomic E-state index is 11.7. The number of ether oxygens (including phenoxy) is 2. The lowest BCUT2D eigenvalue weighted by Crippen LogP contribution is -2.29. The molecule has 0 aromatic heterocycles. The molecule has 1 atom stereocenters. The van der Waals surface area contributed by atoms with E-state index in [4.69, 9.17) is 15.2 Å². The quantitative estimate of drug-likeness (QED) is 0.596. The van der Waals surface area contributed by atoms with Gasteiger partial charge in [0, 0.05) is 18.7 Å². The Kier molecular flexibility index (Phi) is 6.34. The normalized spacial score (nSPS) is 18.2. The van der Waals surface area contributed by atoms with Crippen molar-refractivity contribution >= 4 is 11.6 Å². The molecule has 116 valence electrons. The van der Waals surface area contributed by atoms with Gasteiger partial charge in [0.15, 0.2) is 0 Å². The number of nitrogen functional groups attached to an aromatic ring is 1. The summed E-state index contributed by atoms with van der Waals surface area (Å²) in [6.45, 7) is 1.80. The van der Waals surface area contributed by atoms with Gasteiger partial charge in [0.05, 0.1) is 12.6 Å². The number of anilines is 1. The minimum Gasteiger partial charge on any atom is -0.492 e. The van der Waals surface area contributed by atoms with Crippen LogP contribution in [0.3, 0.4) is 0 Å². The van der Waals surface area contributed by atoms with E-state index < -0.39 is 0 Å². The highest BCUT2D eigenvalue weighted by atomic mass is 16.5. The Morgan fingerprint density at radius 2 is 2.14 bits per heavy atom. The van der Waals surface area contributed by atoms with Crippen LogP contribution in [0, 0.1) is 0 Å². The maximum absolute atomic E-state index is 11.7. The van der Waals surface area contributed by atoms with E-state index in [0.29, 0.717) is 25.3 Å². The molecule has 1 heterocycles. The van der Waals surface area contributed by atoms with Gasteiger partial charge < -0.3 is 20.5 Å². The molecule has 0 saturated carbocycles. The van der Waals surface area contributed by atoms with Crippen molar-refractivity contribution in [2.24, 2.45) is 0 Å². The average Bonchev–Trinajstić information content (AvgIpc) is 2.52. The van der Waals surface area contributed by atoms with Crippen molar-refractivity contribution in [3.05, 3.63) is 24.3 Å². The standard InChI is InChI=1S/C16H24N2O3/c17-13-4-6-15(7-5-13)21-12-10-18-16(19)9-8-14-3-1-2-11-20-14/h4-7,14H,1-3,8-12,17H2,(H,18,19). The molecule has 1 fully saturated rings. The number of rotatable bonds is 7. The summed E-state index contributed by atoms with van der Waals surface area (Å²) < 4.78 is 11.1. The summed E-state index contributed by atoms with van der Waals surface area (Å²) >= 11 is 0. The lowest BCUT2D eigenvalue weighted by Gasteiger charge is -2.22. The highest BCUT2D eigenvalue weighted by Gasteiger charge is 2.14. The van der Waals surface area contributed by atoms with Crippen LogP contribution in [0.15, 0.2) is 24.3 Å². The van der Waals surface area contributed by atoms with Crippen molar-refractivity contribution in [1.82, 2.24) is 5.32 Å². The van der Waals surface area contributed by atoms with E-state index in [1.807, 2.05) is 12.1 Å². The number of nitrogens with one attached hydrogen (secondary N) is 1. The van der Waals surface area contributed by atoms with Crippen LogP contribution in [-0.2, 0) is 9.53 Å². The van der Waals surface area contributed by atoms with Gasteiger partial charge in [-0.2, -0.15) is 0 Å². The van der Waals surface area contributed by atoms with Gasteiger partial charge in [0.1, 0.15) is 12.4 Å². The molecule has 2 rings (SSSR count). The van der Waals surface area contributed by atoms with Gasteiger partial charge in [0.2, 0.25) is 5.91 Å². The van der Waals surface area contributed by atoms with E-state index in [2.05, 4.69) is 5.32 Å². The molecule has 5 nitrogen and oxygen atoms in total. The third-order valence-corrected chi connectivity index (χ3v) is 3.54. The molecule has 0 aliphatic carbocycles. The summed E-state index contributed by atoms with van der Waals surface area (Å²) in [6.07, 6.45) is 5.02. The minimum atomic E-state index is 0.0603. The van der Waals surface area contributed by atoms with Crippen LogP contribution < -0.4 is 15.8 Å². The second kappa shape index (κ2) is 8.52. The largest absolute Gasteiger partial charge is 0.492 e. The number of hydrogen-bond acceptors (Lipinski definition) is 4. The molecule has 0 radical (unpaired) electrons. The summed E-state index contributed by atoms with van der Waals surface area (Å²) in [7, 11) is 0. The third-order valence-electron chi connectivity index (χ3n) is 3.54. The summed E-state index contributed by atoms with van der Waals surface area (Å²) in [4.78, 5) is 11.7. The number of amides is 1. The van der Waals surface area contributed by atoms with Crippen LogP contribution in [0.5, 0.6) is 5.75 Å². The van der Waals surface area contributed by atoms with Gasteiger partial charge >= 0.3 is 0 Å². The molecule has 1 aromatic carbocycles. The number of carbonyl (C=O) groups excluding carboxylic acids is 1. The molecule has 1 saturated heterocycles. The van der Waals surface area contributed by atoms with Crippen molar-refractivity contribution < 1.29 is 14.3 Å². The molecular formula is C16H24N2O3. The smallest absolute Gasteiger partial charge is 0.220 e. The van der Waals surface area contributed by atoms with E-state index in [1.54, 1.807) is 12.1 Å². The van der Waals surface area contributed by atoms with E-state index >= 15 is 0 Å². The van der Waals surface area contributed by atoms with Gasteiger partial charge in [0.25, 0.3) is 0 Å². The summed E-state index contributed by atoms with van der Waals surface area (Å²) in [6, 6.07) is 7.21. The molecule has 1 aliphatic heterocycles. The first kappa shape index (κ1) is 15.6. The van der Waals surface area contributed by atoms with Crippen molar-refractivity contribution in [1.29, 1.82) is 0 Å². The summed E-state index contributed by atoms with van der Waals surface area (Å²) in [5.74, 6) is 0.819. The molecule has 1 aromatic rings. The number of carbonyl (C=O) groups is 1. The van der Waals surface area contributed by atoms with Crippen LogP contribution in [-0.4, -0.2) is 31.8 Å². The fraction of sp³-hybridized carbons (Fsp3) is 0.562. The molecule has 21 heavy (non-hydrogen) atoms. The van der Waals surface area contributed by atoms with Crippen LogP contribution in [0.1, 0.15) is 32.1 Å². The Hall–Kier alpha value is -1.75. The molecule has 1 aliphatic rings. The first-order chi connectivity index (χ1) is 10.2. The van der Waals surface area contributed by atoms with Gasteiger partial charge in [-0.1, -0.05) is 0 Å². The molecule has 5 heteroatoms. The van der Waals surface area contributed by atoms with Crippen molar-refractivity contribution in [3.8, 4) is 5.75 Å². The molecule has 1 amide bonds. The maximum Gasteiger partial charge on any atom is 0.220 e. The number of benzene rings is 1. The highest BCUT2D eigenvalue weighted by Crippen LogP contribution is 2.16. The second-order valence-corrected chi connectivity index (χ2v) is 5.29. The van der Waals surface area contributed by atoms with Crippen LogP contribution in [0.4, 0.5) is 5.69 Å². The van der Waals surface area contributed by atoms with E-state index in [9.17, 15) is 4.79 Å². The predicted molar refractivity (Wildman–Crippen MR) is 82.2 cm³/mol. The zero-order chi connectivity index (χ0) is 14.9. The SMILES string of the molecule is Nc1ccc(OCCNC(=O)CCC2CCCCO2)cc1. The first-order valence-corrected chi connectivity index (χ1v) is 7.60. The molecule has 1 unspecified atom stereocenters. The Morgan fingerprint density at radius 1 is 1.33 bits per heavy atom. The van der Waals surface area contributed by atoms with E-state index in [1.165, 1.54) is 6.42 Å². The second-order valence-electron chi connectivity index (χ2n) is 5.29. The molecule has 0 spiro atoms. The van der Waals surface area contributed by atoms with Crippen LogP contribution in [0.2, 0.25) is 0 Å². The lowest BCUT2D eigenvalue weighted by molar-refractivity contribution is -0.122. The molecular weight excluding hydrogens is 268 g/mol. The van der Waals surface area contributed by atoms with Crippen molar-refractivity contribution in [2.45, 2.75) is 38.2 Å². The van der Waals surface area contributed by atoms with Gasteiger partial charge in [-0.25, -0.2) is 0 Å². The van der Waals surface area contributed by atoms with E-state index in [-0.39, 0.29) is 12.0 Å². The van der Waals surface area contributed by atoms with Gasteiger partial charge in [-0.05, 0) is 49.9 Å². The molecule has 0 bridgehead atoms. The van der Waals surface area contributed by atoms with Crippen molar-refractivity contribution in [3.63, 3.8) is 0 Å². The summed E-state index contributed by atoms with van der Waals surface area (Å²) in [5, 5.41) is 2.86. The number of nitrogens with two attached hydrogens (primary N) is 1. The Morgan fingerprint density at radius 3 is 2.86 bits per heavy atom. The number of hydrogen-bond donors (Lipinski definition) is 2. The fourth-order valence-electron chi connectivity index (χ4n) is 2.34.